The van der Waals surface area contributed by atoms with Crippen LogP contribution in [0.25, 0.3) is 16.7 Å². The Kier molecular flexibility index (Phi) is 1.61. The van der Waals surface area contributed by atoms with Crippen LogP contribution in [0.4, 0.5) is 0 Å². The Balaban J connectivity index is 2.24. The molecule has 0 fully saturated rings. The fraction of sp³-hybridized carbons (Fsp3) is 0. The molecule has 3 aromatic rings. The predicted molar refractivity (Wildman–Crippen MR) is 56.7 cm³/mol. The molecule has 2 heterocycles. The van der Waals surface area contributed by atoms with Gasteiger partial charge in [0.1, 0.15) is 0 Å². The first-order chi connectivity index (χ1) is 6.93. The molecule has 0 N–H and O–H groups in total. The summed E-state index contributed by atoms with van der Waals surface area (Å²) in [6.45, 7) is 0. The van der Waals surface area contributed by atoms with Crippen molar-refractivity contribution in [2.75, 3.05) is 0 Å². The smallest absolute Gasteiger partial charge is 0.164 e. The number of rotatable bonds is 1. The molecule has 3 rings (SSSR count). The van der Waals surface area contributed by atoms with Crippen molar-refractivity contribution in [2.24, 2.45) is 0 Å². The van der Waals surface area contributed by atoms with E-state index in [0.29, 0.717) is 0 Å². The average Bonchev–Trinajstić information content (AvgIpc) is 2.86. The van der Waals surface area contributed by atoms with Crippen LogP contribution in [0.2, 0.25) is 0 Å². The van der Waals surface area contributed by atoms with E-state index >= 15 is 0 Å². The second kappa shape index (κ2) is 2.92. The molecular formula is C10H7N3S. The summed E-state index contributed by atoms with van der Waals surface area (Å²) in [5.74, 6) is 0.881. The van der Waals surface area contributed by atoms with Gasteiger partial charge in [-0.3, -0.25) is 0 Å². The Morgan fingerprint density at radius 3 is 2.93 bits per heavy atom. The monoisotopic (exact) mass is 201 g/mol. The van der Waals surface area contributed by atoms with Crippen LogP contribution in [0.15, 0.2) is 41.4 Å². The molecule has 0 atom stereocenters. The highest BCUT2D eigenvalue weighted by molar-refractivity contribution is 7.07. The van der Waals surface area contributed by atoms with Crippen molar-refractivity contribution in [1.82, 2.24) is 14.8 Å². The maximum absolute atomic E-state index is 4.42. The molecule has 14 heavy (non-hydrogen) atoms. The highest BCUT2D eigenvalue weighted by Gasteiger charge is 2.02. The van der Waals surface area contributed by atoms with Crippen molar-refractivity contribution in [3.05, 3.63) is 41.4 Å². The highest BCUT2D eigenvalue weighted by Crippen LogP contribution is 2.14. The summed E-state index contributed by atoms with van der Waals surface area (Å²) >= 11 is 1.57. The average molecular weight is 201 g/mol. The van der Waals surface area contributed by atoms with Crippen molar-refractivity contribution < 1.29 is 0 Å². The van der Waals surface area contributed by atoms with Crippen LogP contribution in [-0.2, 0) is 0 Å². The van der Waals surface area contributed by atoms with E-state index in [1.165, 1.54) is 0 Å². The minimum atomic E-state index is 0.881. The van der Waals surface area contributed by atoms with Gasteiger partial charge in [0.15, 0.2) is 5.82 Å². The molecule has 0 saturated heterocycles. The molecule has 0 aliphatic carbocycles. The highest BCUT2D eigenvalue weighted by atomic mass is 32.1. The second-order valence-electron chi connectivity index (χ2n) is 2.98. The molecule has 2 aromatic heterocycles. The van der Waals surface area contributed by atoms with Crippen molar-refractivity contribution >= 4 is 22.2 Å². The summed E-state index contributed by atoms with van der Waals surface area (Å²) in [5.41, 5.74) is 2.81. The maximum atomic E-state index is 4.42. The first-order valence-corrected chi connectivity index (χ1v) is 5.21. The molecule has 4 heteroatoms. The number of thiazole rings is 1. The van der Waals surface area contributed by atoms with E-state index in [9.17, 15) is 0 Å². The van der Waals surface area contributed by atoms with E-state index in [0.717, 1.165) is 16.7 Å². The zero-order chi connectivity index (χ0) is 9.38. The van der Waals surface area contributed by atoms with Gasteiger partial charge >= 0.3 is 0 Å². The van der Waals surface area contributed by atoms with E-state index in [1.807, 2.05) is 41.4 Å². The summed E-state index contributed by atoms with van der Waals surface area (Å²) in [6, 6.07) is 8.04. The van der Waals surface area contributed by atoms with Gasteiger partial charge in [-0.05, 0) is 6.07 Å². The molecule has 0 aliphatic rings. The summed E-state index contributed by atoms with van der Waals surface area (Å²) in [5, 5.41) is 7.53. The lowest BCUT2D eigenvalue weighted by Crippen LogP contribution is -1.93. The van der Waals surface area contributed by atoms with Crippen molar-refractivity contribution in [2.45, 2.75) is 0 Å². The molecule has 0 spiro atoms. The van der Waals surface area contributed by atoms with E-state index < -0.39 is 0 Å². The van der Waals surface area contributed by atoms with Crippen LogP contribution in [0.5, 0.6) is 0 Å². The van der Waals surface area contributed by atoms with Crippen LogP contribution in [0.3, 0.4) is 0 Å². The topological polar surface area (TPSA) is 30.7 Å². The first kappa shape index (κ1) is 7.70. The van der Waals surface area contributed by atoms with Crippen LogP contribution in [-0.4, -0.2) is 14.8 Å². The standard InChI is InChI=1S/C10H7N3S/c1-2-4-9-8(3-1)5-13(12-9)10-6-14-7-11-10/h1-7H. The van der Waals surface area contributed by atoms with E-state index in [4.69, 9.17) is 0 Å². The SMILES string of the molecule is c1ccc2nn(-c3cscn3)cc2c1. The molecule has 1 aromatic carbocycles. The molecule has 0 radical (unpaired) electrons. The molecule has 0 unspecified atom stereocenters. The Hall–Kier alpha value is -1.68. The van der Waals surface area contributed by atoms with E-state index in [2.05, 4.69) is 10.1 Å². The molecule has 3 nitrogen and oxygen atoms in total. The number of fused-ring (bicyclic) bond motifs is 1. The lowest BCUT2D eigenvalue weighted by molar-refractivity contribution is 0.869. The van der Waals surface area contributed by atoms with Crippen molar-refractivity contribution in [3.8, 4) is 5.82 Å². The number of benzene rings is 1. The normalized spacial score (nSPS) is 10.9. The van der Waals surface area contributed by atoms with Gasteiger partial charge in [-0.25, -0.2) is 9.67 Å². The van der Waals surface area contributed by atoms with Gasteiger partial charge in [0.05, 0.1) is 11.0 Å². The van der Waals surface area contributed by atoms with Gasteiger partial charge in [0.2, 0.25) is 0 Å². The fourth-order valence-electron chi connectivity index (χ4n) is 1.40. The van der Waals surface area contributed by atoms with Crippen LogP contribution >= 0.6 is 11.3 Å². The summed E-state index contributed by atoms with van der Waals surface area (Å²) < 4.78 is 1.81. The minimum Gasteiger partial charge on any atom is -0.226 e. The molecule has 0 saturated carbocycles. The summed E-state index contributed by atoms with van der Waals surface area (Å²) in [7, 11) is 0. The molecule has 0 bridgehead atoms. The number of aromatic nitrogens is 3. The minimum absolute atomic E-state index is 0.881. The zero-order valence-corrected chi connectivity index (χ0v) is 8.11. The molecule has 0 aliphatic heterocycles. The molecule has 0 amide bonds. The van der Waals surface area contributed by atoms with Crippen LogP contribution < -0.4 is 0 Å². The Morgan fingerprint density at radius 2 is 2.14 bits per heavy atom. The van der Waals surface area contributed by atoms with E-state index in [1.54, 1.807) is 16.0 Å². The summed E-state index contributed by atoms with van der Waals surface area (Å²) in [4.78, 5) is 4.20. The van der Waals surface area contributed by atoms with Gasteiger partial charge in [-0.15, -0.1) is 11.3 Å². The largest absolute Gasteiger partial charge is 0.226 e. The van der Waals surface area contributed by atoms with Crippen molar-refractivity contribution in [3.63, 3.8) is 0 Å². The number of nitrogens with zero attached hydrogens (tertiary/aromatic N) is 3. The Morgan fingerprint density at radius 1 is 1.21 bits per heavy atom. The van der Waals surface area contributed by atoms with Gasteiger partial charge in [0, 0.05) is 17.0 Å². The quantitative estimate of drug-likeness (QED) is 0.605. The molecular weight excluding hydrogens is 194 g/mol. The Bertz CT molecular complexity index is 521. The zero-order valence-electron chi connectivity index (χ0n) is 7.29. The van der Waals surface area contributed by atoms with E-state index in [-0.39, 0.29) is 0 Å². The maximum Gasteiger partial charge on any atom is 0.164 e. The third-order valence-electron chi connectivity index (χ3n) is 2.07. The fourth-order valence-corrected chi connectivity index (χ4v) is 1.92. The predicted octanol–water partition coefficient (Wildman–Crippen LogP) is 2.48. The summed E-state index contributed by atoms with van der Waals surface area (Å²) in [6.07, 6.45) is 1.99. The number of hydrogen-bond acceptors (Lipinski definition) is 3. The second-order valence-corrected chi connectivity index (χ2v) is 3.70. The lowest BCUT2D eigenvalue weighted by atomic mass is 10.3. The van der Waals surface area contributed by atoms with Crippen LogP contribution in [0, 0.1) is 0 Å². The third-order valence-corrected chi connectivity index (χ3v) is 2.64. The van der Waals surface area contributed by atoms with Gasteiger partial charge in [-0.1, -0.05) is 18.2 Å². The van der Waals surface area contributed by atoms with Gasteiger partial charge < -0.3 is 0 Å². The first-order valence-electron chi connectivity index (χ1n) is 4.26. The van der Waals surface area contributed by atoms with Gasteiger partial charge in [-0.2, -0.15) is 5.10 Å². The Labute approximate surface area is 84.6 Å². The molecule has 68 valence electrons. The third kappa shape index (κ3) is 1.12. The lowest BCUT2D eigenvalue weighted by Gasteiger charge is -1.90. The van der Waals surface area contributed by atoms with Crippen LogP contribution in [0.1, 0.15) is 0 Å². The number of hydrogen-bond donors (Lipinski definition) is 0. The van der Waals surface area contributed by atoms with Gasteiger partial charge in [0.25, 0.3) is 0 Å². The van der Waals surface area contributed by atoms with Crippen molar-refractivity contribution in [1.29, 1.82) is 0 Å².